The molecule has 17 heavy (non-hydrogen) atoms. The zero-order valence-corrected chi connectivity index (χ0v) is 11.4. The van der Waals surface area contributed by atoms with Gasteiger partial charge in [-0.2, -0.15) is 0 Å². The van der Waals surface area contributed by atoms with E-state index < -0.39 is 0 Å². The van der Waals surface area contributed by atoms with Gasteiger partial charge in [-0.25, -0.2) is 0 Å². The average Bonchev–Trinajstić information content (AvgIpc) is 2.40. The Balaban J connectivity index is 2.13. The topological polar surface area (TPSA) is 0 Å². The minimum atomic E-state index is 0.609. The van der Waals surface area contributed by atoms with Crippen LogP contribution in [0.2, 0.25) is 0 Å². The first kappa shape index (κ1) is 12.4. The third-order valence-corrected chi connectivity index (χ3v) is 3.51. The number of hydrogen-bond acceptors (Lipinski definition) is 0. The van der Waals surface area contributed by atoms with Gasteiger partial charge in [0.05, 0.1) is 0 Å². The third kappa shape index (κ3) is 3.71. The lowest BCUT2D eigenvalue weighted by molar-refractivity contribution is 0.668. The zero-order chi connectivity index (χ0) is 11.9. The maximum Gasteiger partial charge on any atom is 0.00372 e. The van der Waals surface area contributed by atoms with Crippen molar-refractivity contribution in [3.63, 3.8) is 0 Å². The fraction of sp³-hybridized carbons (Fsp3) is 0.250. The molecule has 2 rings (SSSR count). The molecule has 0 saturated heterocycles. The molecule has 0 aliphatic carbocycles. The summed E-state index contributed by atoms with van der Waals surface area (Å²) >= 11 is 3.56. The van der Waals surface area contributed by atoms with E-state index in [1.807, 2.05) is 0 Å². The minimum Gasteiger partial charge on any atom is -0.0928 e. The summed E-state index contributed by atoms with van der Waals surface area (Å²) in [7, 11) is 0. The molecule has 0 spiro atoms. The van der Waals surface area contributed by atoms with E-state index in [4.69, 9.17) is 0 Å². The Morgan fingerprint density at radius 1 is 0.824 bits per heavy atom. The van der Waals surface area contributed by atoms with E-state index in [-0.39, 0.29) is 0 Å². The summed E-state index contributed by atoms with van der Waals surface area (Å²) in [6.07, 6.45) is 2.30. The molecule has 1 heteroatoms. The molecule has 2 aromatic rings. The average molecular weight is 289 g/mol. The Kier molecular flexibility index (Phi) is 4.81. The van der Waals surface area contributed by atoms with Crippen LogP contribution in [0.3, 0.4) is 0 Å². The molecule has 0 N–H and O–H groups in total. The molecule has 0 nitrogen and oxygen atoms in total. The van der Waals surface area contributed by atoms with Crippen LogP contribution in [0.4, 0.5) is 0 Å². The second-order valence-electron chi connectivity index (χ2n) is 4.27. The number of benzene rings is 2. The summed E-state index contributed by atoms with van der Waals surface area (Å²) in [6.45, 7) is 0. The minimum absolute atomic E-state index is 0.609. The number of alkyl halides is 1. The van der Waals surface area contributed by atoms with E-state index in [1.165, 1.54) is 17.5 Å². The molecule has 0 fully saturated rings. The third-order valence-electron chi connectivity index (χ3n) is 3.05. The van der Waals surface area contributed by atoms with Crippen LogP contribution in [0.15, 0.2) is 60.7 Å². The summed E-state index contributed by atoms with van der Waals surface area (Å²) in [4.78, 5) is 0. The lowest BCUT2D eigenvalue weighted by Gasteiger charge is -2.16. The highest BCUT2D eigenvalue weighted by molar-refractivity contribution is 9.09. The van der Waals surface area contributed by atoms with Crippen LogP contribution < -0.4 is 0 Å². The number of rotatable bonds is 5. The Bertz CT molecular complexity index is 422. The van der Waals surface area contributed by atoms with Crippen molar-refractivity contribution < 1.29 is 0 Å². The quantitative estimate of drug-likeness (QED) is 0.694. The van der Waals surface area contributed by atoms with Crippen molar-refractivity contribution in [1.82, 2.24) is 0 Å². The molecule has 0 heterocycles. The molecule has 2 aromatic carbocycles. The first-order valence-electron chi connectivity index (χ1n) is 6.05. The molecule has 88 valence electrons. The standard InChI is InChI=1S/C16H17Br/c17-12-11-16(15-9-5-2-6-10-15)13-14-7-3-1-4-8-14/h1-10,16H,11-13H2. The zero-order valence-electron chi connectivity index (χ0n) is 9.85. The maximum atomic E-state index is 3.56. The number of halogens is 1. The molecule has 0 radical (unpaired) electrons. The summed E-state index contributed by atoms with van der Waals surface area (Å²) in [5.74, 6) is 0.609. The van der Waals surface area contributed by atoms with Crippen molar-refractivity contribution in [2.24, 2.45) is 0 Å². The number of hydrogen-bond donors (Lipinski definition) is 0. The van der Waals surface area contributed by atoms with Crippen molar-refractivity contribution in [1.29, 1.82) is 0 Å². The van der Waals surface area contributed by atoms with E-state index in [1.54, 1.807) is 0 Å². The Morgan fingerprint density at radius 2 is 1.41 bits per heavy atom. The molecule has 0 aliphatic rings. The molecule has 0 amide bonds. The molecule has 1 unspecified atom stereocenters. The van der Waals surface area contributed by atoms with Crippen molar-refractivity contribution in [2.45, 2.75) is 18.8 Å². The Labute approximate surface area is 112 Å². The van der Waals surface area contributed by atoms with Gasteiger partial charge in [-0.3, -0.25) is 0 Å². The van der Waals surface area contributed by atoms with Crippen molar-refractivity contribution >= 4 is 15.9 Å². The predicted molar refractivity (Wildman–Crippen MR) is 77.7 cm³/mol. The van der Waals surface area contributed by atoms with Gasteiger partial charge >= 0.3 is 0 Å². The van der Waals surface area contributed by atoms with Crippen LogP contribution in [-0.4, -0.2) is 5.33 Å². The summed E-state index contributed by atoms with van der Waals surface area (Å²) in [5, 5.41) is 1.05. The summed E-state index contributed by atoms with van der Waals surface area (Å²) in [6, 6.07) is 21.5. The molecule has 0 aromatic heterocycles. The summed E-state index contributed by atoms with van der Waals surface area (Å²) < 4.78 is 0. The highest BCUT2D eigenvalue weighted by Crippen LogP contribution is 2.24. The Hall–Kier alpha value is -1.08. The monoisotopic (exact) mass is 288 g/mol. The molecular weight excluding hydrogens is 272 g/mol. The second-order valence-corrected chi connectivity index (χ2v) is 5.07. The lowest BCUT2D eigenvalue weighted by atomic mass is 9.90. The van der Waals surface area contributed by atoms with Gasteiger partial charge in [0.2, 0.25) is 0 Å². The molecule has 0 aliphatic heterocycles. The largest absolute Gasteiger partial charge is 0.0928 e. The van der Waals surface area contributed by atoms with Gasteiger partial charge in [0.1, 0.15) is 0 Å². The SMILES string of the molecule is BrCCC(Cc1ccccc1)c1ccccc1. The van der Waals surface area contributed by atoms with Gasteiger partial charge in [-0.05, 0) is 29.9 Å². The van der Waals surface area contributed by atoms with E-state index in [9.17, 15) is 0 Å². The first-order chi connectivity index (χ1) is 8.40. The normalized spacial score (nSPS) is 12.3. The van der Waals surface area contributed by atoms with Crippen LogP contribution in [0, 0.1) is 0 Å². The molecule has 1 atom stereocenters. The van der Waals surface area contributed by atoms with E-state index >= 15 is 0 Å². The van der Waals surface area contributed by atoms with Gasteiger partial charge in [-0.15, -0.1) is 0 Å². The lowest BCUT2D eigenvalue weighted by Crippen LogP contribution is -2.03. The van der Waals surface area contributed by atoms with Crippen molar-refractivity contribution in [2.75, 3.05) is 5.33 Å². The van der Waals surface area contributed by atoms with Crippen LogP contribution >= 0.6 is 15.9 Å². The van der Waals surface area contributed by atoms with Gasteiger partial charge in [0.25, 0.3) is 0 Å². The van der Waals surface area contributed by atoms with Gasteiger partial charge < -0.3 is 0 Å². The van der Waals surface area contributed by atoms with Crippen molar-refractivity contribution in [3.05, 3.63) is 71.8 Å². The Morgan fingerprint density at radius 3 is 2.00 bits per heavy atom. The predicted octanol–water partition coefficient (Wildman–Crippen LogP) is 4.80. The van der Waals surface area contributed by atoms with E-state index in [2.05, 4.69) is 76.6 Å². The van der Waals surface area contributed by atoms with Crippen LogP contribution in [0.1, 0.15) is 23.5 Å². The van der Waals surface area contributed by atoms with Crippen molar-refractivity contribution in [3.8, 4) is 0 Å². The maximum absolute atomic E-state index is 3.56. The van der Waals surface area contributed by atoms with Crippen LogP contribution in [-0.2, 0) is 6.42 Å². The van der Waals surface area contributed by atoms with Crippen LogP contribution in [0.5, 0.6) is 0 Å². The van der Waals surface area contributed by atoms with Crippen LogP contribution in [0.25, 0.3) is 0 Å². The highest BCUT2D eigenvalue weighted by atomic mass is 79.9. The fourth-order valence-corrected chi connectivity index (χ4v) is 2.69. The molecule has 0 saturated carbocycles. The second kappa shape index (κ2) is 6.61. The van der Waals surface area contributed by atoms with Gasteiger partial charge in [-0.1, -0.05) is 76.6 Å². The molecule has 0 bridgehead atoms. The van der Waals surface area contributed by atoms with Gasteiger partial charge in [0.15, 0.2) is 0 Å². The highest BCUT2D eigenvalue weighted by Gasteiger charge is 2.11. The molecular formula is C16H17Br. The fourth-order valence-electron chi connectivity index (χ4n) is 2.14. The summed E-state index contributed by atoms with van der Waals surface area (Å²) in [5.41, 5.74) is 2.86. The van der Waals surface area contributed by atoms with Gasteiger partial charge in [0, 0.05) is 5.33 Å². The van der Waals surface area contributed by atoms with E-state index in [0.717, 1.165) is 11.8 Å². The first-order valence-corrected chi connectivity index (χ1v) is 7.17. The smallest absolute Gasteiger partial charge is 0.00372 e. The van der Waals surface area contributed by atoms with E-state index in [0.29, 0.717) is 5.92 Å².